The Bertz CT molecular complexity index is 888. The number of hydrogen-bond acceptors (Lipinski definition) is 6. The number of hydrogen-bond donors (Lipinski definition) is 1. The first-order valence-electron chi connectivity index (χ1n) is 8.63. The number of benzene rings is 1. The minimum absolute atomic E-state index is 0.0390. The van der Waals surface area contributed by atoms with E-state index >= 15 is 0 Å². The molecule has 1 saturated heterocycles. The molecule has 1 aliphatic heterocycles. The number of nitrogens with zero attached hydrogens (tertiary/aromatic N) is 2. The summed E-state index contributed by atoms with van der Waals surface area (Å²) < 4.78 is 10.5. The smallest absolute Gasteiger partial charge is 0.273 e. The number of amides is 1. The van der Waals surface area contributed by atoms with Crippen molar-refractivity contribution < 1.29 is 19.1 Å². The summed E-state index contributed by atoms with van der Waals surface area (Å²) in [7, 11) is 3.05. The zero-order valence-corrected chi connectivity index (χ0v) is 15.2. The van der Waals surface area contributed by atoms with Gasteiger partial charge in [-0.05, 0) is 31.0 Å². The quantitative estimate of drug-likeness (QED) is 0.800. The van der Waals surface area contributed by atoms with Crippen LogP contribution < -0.4 is 15.0 Å². The average Bonchev–Trinajstić information content (AvgIpc) is 2.72. The fourth-order valence-corrected chi connectivity index (χ4v) is 3.22. The Morgan fingerprint density at radius 1 is 1.22 bits per heavy atom. The fourth-order valence-electron chi connectivity index (χ4n) is 3.22. The Balaban J connectivity index is 1.75. The summed E-state index contributed by atoms with van der Waals surface area (Å²) in [6.45, 7) is 0.863. The Morgan fingerprint density at radius 3 is 2.67 bits per heavy atom. The van der Waals surface area contributed by atoms with Crippen molar-refractivity contribution in [1.82, 2.24) is 14.9 Å². The third kappa shape index (κ3) is 3.99. The molecule has 1 amide bonds. The average molecular weight is 371 g/mol. The number of likely N-dealkylation sites (tertiary alicyclic amines) is 1. The number of rotatable bonds is 5. The highest BCUT2D eigenvalue weighted by atomic mass is 16.5. The predicted molar refractivity (Wildman–Crippen MR) is 97.4 cm³/mol. The van der Waals surface area contributed by atoms with E-state index in [1.807, 2.05) is 0 Å². The molecular formula is C19H21N3O5. The minimum Gasteiger partial charge on any atom is -0.493 e. The van der Waals surface area contributed by atoms with Gasteiger partial charge in [0.15, 0.2) is 17.3 Å². The second-order valence-corrected chi connectivity index (χ2v) is 6.32. The Kier molecular flexibility index (Phi) is 5.54. The molecule has 3 rings (SSSR count). The summed E-state index contributed by atoms with van der Waals surface area (Å²) in [5.41, 5.74) is 0.314. The highest BCUT2D eigenvalue weighted by molar-refractivity contribution is 5.99. The maximum Gasteiger partial charge on any atom is 0.273 e. The monoisotopic (exact) mass is 371 g/mol. The van der Waals surface area contributed by atoms with Crippen LogP contribution in [0.4, 0.5) is 0 Å². The molecular weight excluding hydrogens is 350 g/mol. The summed E-state index contributed by atoms with van der Waals surface area (Å²) >= 11 is 0. The van der Waals surface area contributed by atoms with Gasteiger partial charge >= 0.3 is 0 Å². The number of methoxy groups -OCH3 is 2. The van der Waals surface area contributed by atoms with Gasteiger partial charge in [0, 0.05) is 30.8 Å². The number of piperidine rings is 1. The molecule has 0 radical (unpaired) electrons. The number of aromatic amines is 1. The molecule has 0 spiro atoms. The van der Waals surface area contributed by atoms with E-state index in [1.165, 1.54) is 20.4 Å². The summed E-state index contributed by atoms with van der Waals surface area (Å²) in [6.07, 6.45) is 3.79. The van der Waals surface area contributed by atoms with E-state index in [2.05, 4.69) is 9.97 Å². The standard InChI is InChI=1S/C19H21N3O5/c1-26-15-6-5-12(8-16(15)27-2)18(24)13-4-3-7-22(11-13)19(25)14-9-21-17(23)10-20-14/h5-6,8-10,13H,3-4,7,11H2,1-2H3,(H,21,23)/t13-/m0/s1. The molecule has 1 N–H and O–H groups in total. The topological polar surface area (TPSA) is 102 Å². The van der Waals surface area contributed by atoms with Crippen LogP contribution in [0.5, 0.6) is 11.5 Å². The van der Waals surface area contributed by atoms with Crippen molar-refractivity contribution in [3.8, 4) is 11.5 Å². The van der Waals surface area contributed by atoms with Crippen LogP contribution in [0.1, 0.15) is 33.7 Å². The minimum atomic E-state index is -0.369. The lowest BCUT2D eigenvalue weighted by Crippen LogP contribution is -2.42. The zero-order chi connectivity index (χ0) is 19.4. The molecule has 8 nitrogen and oxygen atoms in total. The maximum atomic E-state index is 12.9. The molecule has 0 bridgehead atoms. The van der Waals surface area contributed by atoms with Crippen LogP contribution >= 0.6 is 0 Å². The number of carbonyl (C=O) groups excluding carboxylic acids is 2. The Morgan fingerprint density at radius 2 is 2.00 bits per heavy atom. The van der Waals surface area contributed by atoms with Gasteiger partial charge in [0.25, 0.3) is 11.5 Å². The number of Topliss-reactive ketones (excluding diaryl/α,β-unsaturated/α-hetero) is 1. The van der Waals surface area contributed by atoms with Crippen LogP contribution in [0, 0.1) is 5.92 Å². The van der Waals surface area contributed by atoms with Crippen molar-refractivity contribution in [2.45, 2.75) is 12.8 Å². The highest BCUT2D eigenvalue weighted by Gasteiger charge is 2.30. The van der Waals surface area contributed by atoms with Gasteiger partial charge in [-0.3, -0.25) is 14.4 Å². The van der Waals surface area contributed by atoms with Gasteiger partial charge in [0.2, 0.25) is 0 Å². The van der Waals surface area contributed by atoms with Gasteiger partial charge in [0.1, 0.15) is 5.69 Å². The lowest BCUT2D eigenvalue weighted by molar-refractivity contribution is 0.0631. The Labute approximate surface area is 156 Å². The summed E-state index contributed by atoms with van der Waals surface area (Å²) in [4.78, 5) is 44.5. The summed E-state index contributed by atoms with van der Waals surface area (Å²) in [5.74, 6) is 0.408. The van der Waals surface area contributed by atoms with E-state index in [0.29, 0.717) is 36.6 Å². The lowest BCUT2D eigenvalue weighted by atomic mass is 9.89. The molecule has 1 aliphatic rings. The van der Waals surface area contributed by atoms with Gasteiger partial charge in [-0.2, -0.15) is 0 Å². The second-order valence-electron chi connectivity index (χ2n) is 6.32. The van der Waals surface area contributed by atoms with E-state index < -0.39 is 0 Å². The van der Waals surface area contributed by atoms with Crippen molar-refractivity contribution in [1.29, 1.82) is 0 Å². The van der Waals surface area contributed by atoms with E-state index in [1.54, 1.807) is 23.1 Å². The van der Waals surface area contributed by atoms with Crippen molar-refractivity contribution >= 4 is 11.7 Å². The molecule has 8 heteroatoms. The molecule has 27 heavy (non-hydrogen) atoms. The number of ketones is 1. The van der Waals surface area contributed by atoms with Gasteiger partial charge in [0.05, 0.1) is 20.4 Å². The zero-order valence-electron chi connectivity index (χ0n) is 15.2. The number of aromatic nitrogens is 2. The van der Waals surface area contributed by atoms with Crippen molar-refractivity contribution in [3.05, 3.63) is 52.2 Å². The largest absolute Gasteiger partial charge is 0.493 e. The van der Waals surface area contributed by atoms with E-state index in [4.69, 9.17) is 9.47 Å². The number of H-pyrrole nitrogens is 1. The normalized spacial score (nSPS) is 16.7. The first-order valence-corrected chi connectivity index (χ1v) is 8.63. The summed E-state index contributed by atoms with van der Waals surface area (Å²) in [6, 6.07) is 5.06. The third-order valence-corrected chi connectivity index (χ3v) is 4.64. The van der Waals surface area contributed by atoms with Crippen molar-refractivity contribution in [3.63, 3.8) is 0 Å². The van der Waals surface area contributed by atoms with E-state index in [9.17, 15) is 14.4 Å². The van der Waals surface area contributed by atoms with E-state index in [0.717, 1.165) is 12.6 Å². The van der Waals surface area contributed by atoms with Crippen molar-refractivity contribution in [2.75, 3.05) is 27.3 Å². The molecule has 142 valence electrons. The lowest BCUT2D eigenvalue weighted by Gasteiger charge is -2.31. The van der Waals surface area contributed by atoms with E-state index in [-0.39, 0.29) is 28.9 Å². The first-order chi connectivity index (χ1) is 13.0. The molecule has 1 aromatic heterocycles. The van der Waals surface area contributed by atoms with Crippen LogP contribution in [0.25, 0.3) is 0 Å². The number of ether oxygens (including phenoxy) is 2. The Hall–Kier alpha value is -3.16. The summed E-state index contributed by atoms with van der Waals surface area (Å²) in [5, 5.41) is 0. The van der Waals surface area contributed by atoms with Crippen molar-refractivity contribution in [2.24, 2.45) is 5.92 Å². The molecule has 1 aromatic carbocycles. The van der Waals surface area contributed by atoms with Gasteiger partial charge in [-0.1, -0.05) is 0 Å². The molecule has 0 saturated carbocycles. The molecule has 1 fully saturated rings. The first kappa shape index (κ1) is 18.6. The number of carbonyl (C=O) groups is 2. The predicted octanol–water partition coefficient (Wildman–Crippen LogP) is 1.52. The molecule has 0 unspecified atom stereocenters. The van der Waals surface area contributed by atoms with Crippen LogP contribution in [-0.4, -0.2) is 53.9 Å². The molecule has 2 heterocycles. The fraction of sp³-hybridized carbons (Fsp3) is 0.368. The van der Waals surface area contributed by atoms with Crippen LogP contribution in [0.2, 0.25) is 0 Å². The van der Waals surface area contributed by atoms with Gasteiger partial charge < -0.3 is 19.4 Å². The SMILES string of the molecule is COc1ccc(C(=O)[C@H]2CCCN(C(=O)c3c[nH]c(=O)cn3)C2)cc1OC. The van der Waals surface area contributed by atoms with Gasteiger partial charge in [-0.25, -0.2) is 4.98 Å². The molecule has 2 aromatic rings. The molecule has 0 aliphatic carbocycles. The third-order valence-electron chi connectivity index (χ3n) is 4.64. The number of nitrogens with one attached hydrogen (secondary N) is 1. The molecule has 1 atom stereocenters. The van der Waals surface area contributed by atoms with Crippen LogP contribution in [0.15, 0.2) is 35.4 Å². The maximum absolute atomic E-state index is 12.9. The van der Waals surface area contributed by atoms with Gasteiger partial charge in [-0.15, -0.1) is 0 Å². The highest BCUT2D eigenvalue weighted by Crippen LogP contribution is 2.30. The van der Waals surface area contributed by atoms with Crippen LogP contribution in [-0.2, 0) is 0 Å². The second kappa shape index (κ2) is 8.03. The van der Waals surface area contributed by atoms with Crippen LogP contribution in [0.3, 0.4) is 0 Å².